The summed E-state index contributed by atoms with van der Waals surface area (Å²) in [7, 11) is 1.29. The molecule has 0 aliphatic heterocycles. The van der Waals surface area contributed by atoms with Gasteiger partial charge in [0.1, 0.15) is 6.10 Å². The van der Waals surface area contributed by atoms with E-state index in [-0.39, 0.29) is 18.9 Å². The van der Waals surface area contributed by atoms with Crippen molar-refractivity contribution in [2.75, 3.05) is 13.7 Å². The zero-order valence-corrected chi connectivity index (χ0v) is 9.32. The standard InChI is InChI=1S/C10H19NO4/c1-3-4-5-9(12)15-8(7-11)6-10(13)14-2/h8H,3-7,11H2,1-2H3/t8-/m1/s1. The van der Waals surface area contributed by atoms with Gasteiger partial charge in [0.15, 0.2) is 0 Å². The van der Waals surface area contributed by atoms with Crippen LogP contribution >= 0.6 is 0 Å². The van der Waals surface area contributed by atoms with E-state index in [1.54, 1.807) is 0 Å². The third-order valence-electron chi connectivity index (χ3n) is 1.92. The molecule has 0 aromatic heterocycles. The zero-order valence-electron chi connectivity index (χ0n) is 9.32. The largest absolute Gasteiger partial charge is 0.469 e. The van der Waals surface area contributed by atoms with Crippen LogP contribution in [0.5, 0.6) is 0 Å². The fourth-order valence-electron chi connectivity index (χ4n) is 1.01. The second-order valence-corrected chi connectivity index (χ2v) is 3.23. The van der Waals surface area contributed by atoms with E-state index in [4.69, 9.17) is 10.5 Å². The molecule has 2 N–H and O–H groups in total. The molecule has 1 atom stereocenters. The molecule has 0 aliphatic rings. The Hall–Kier alpha value is -1.10. The van der Waals surface area contributed by atoms with Gasteiger partial charge in [0.25, 0.3) is 0 Å². The van der Waals surface area contributed by atoms with Gasteiger partial charge < -0.3 is 15.2 Å². The number of carbonyl (C=O) groups excluding carboxylic acids is 2. The van der Waals surface area contributed by atoms with Gasteiger partial charge in [-0.15, -0.1) is 0 Å². The van der Waals surface area contributed by atoms with Gasteiger partial charge in [-0.05, 0) is 6.42 Å². The quantitative estimate of drug-likeness (QED) is 0.632. The van der Waals surface area contributed by atoms with Gasteiger partial charge in [-0.3, -0.25) is 9.59 Å². The van der Waals surface area contributed by atoms with E-state index in [1.165, 1.54) is 7.11 Å². The molecule has 0 aromatic rings. The third-order valence-corrected chi connectivity index (χ3v) is 1.92. The van der Waals surface area contributed by atoms with Gasteiger partial charge in [-0.1, -0.05) is 13.3 Å². The molecule has 0 aromatic carbocycles. The Labute approximate surface area is 89.9 Å². The molecule has 0 aliphatic carbocycles. The minimum absolute atomic E-state index is 0.0187. The van der Waals surface area contributed by atoms with Gasteiger partial charge in [0.2, 0.25) is 0 Å². The second-order valence-electron chi connectivity index (χ2n) is 3.23. The van der Waals surface area contributed by atoms with Crippen LogP contribution in [0.1, 0.15) is 32.6 Å². The average molecular weight is 217 g/mol. The first-order valence-corrected chi connectivity index (χ1v) is 5.10. The van der Waals surface area contributed by atoms with E-state index in [0.717, 1.165) is 12.8 Å². The highest BCUT2D eigenvalue weighted by Gasteiger charge is 2.16. The fraction of sp³-hybridized carbons (Fsp3) is 0.800. The number of rotatable bonds is 7. The van der Waals surface area contributed by atoms with Gasteiger partial charge in [-0.25, -0.2) is 0 Å². The predicted molar refractivity (Wildman–Crippen MR) is 55.1 cm³/mol. The molecule has 0 spiro atoms. The Bertz CT molecular complexity index is 206. The highest BCUT2D eigenvalue weighted by atomic mass is 16.6. The Morgan fingerprint density at radius 2 is 2.00 bits per heavy atom. The lowest BCUT2D eigenvalue weighted by atomic mass is 10.2. The summed E-state index contributed by atoms with van der Waals surface area (Å²) in [6, 6.07) is 0. The normalized spacial score (nSPS) is 11.9. The van der Waals surface area contributed by atoms with Crippen LogP contribution in [-0.2, 0) is 19.1 Å². The Morgan fingerprint density at radius 1 is 1.33 bits per heavy atom. The molecule has 0 bridgehead atoms. The van der Waals surface area contributed by atoms with Crippen molar-refractivity contribution in [2.45, 2.75) is 38.7 Å². The van der Waals surface area contributed by atoms with Crippen LogP contribution in [0.2, 0.25) is 0 Å². The highest BCUT2D eigenvalue weighted by Crippen LogP contribution is 2.03. The predicted octanol–water partition coefficient (Wildman–Crippen LogP) is 0.610. The Kier molecular flexibility index (Phi) is 7.62. The number of methoxy groups -OCH3 is 1. The molecule has 0 fully saturated rings. The van der Waals surface area contributed by atoms with Crippen molar-refractivity contribution >= 4 is 11.9 Å². The molecule has 88 valence electrons. The van der Waals surface area contributed by atoms with Gasteiger partial charge >= 0.3 is 11.9 Å². The maximum Gasteiger partial charge on any atom is 0.309 e. The number of ether oxygens (including phenoxy) is 2. The molecular weight excluding hydrogens is 198 g/mol. The molecule has 0 radical (unpaired) electrons. The van der Waals surface area contributed by atoms with E-state index in [9.17, 15) is 9.59 Å². The maximum absolute atomic E-state index is 11.2. The first-order valence-electron chi connectivity index (χ1n) is 5.10. The smallest absolute Gasteiger partial charge is 0.309 e. The highest BCUT2D eigenvalue weighted by molar-refractivity contribution is 5.72. The minimum Gasteiger partial charge on any atom is -0.469 e. The van der Waals surface area contributed by atoms with Crippen LogP contribution in [-0.4, -0.2) is 31.7 Å². The monoisotopic (exact) mass is 217 g/mol. The van der Waals surface area contributed by atoms with Crippen molar-refractivity contribution < 1.29 is 19.1 Å². The number of carbonyl (C=O) groups is 2. The summed E-state index contributed by atoms with van der Waals surface area (Å²) in [6.07, 6.45) is 1.54. The fourth-order valence-corrected chi connectivity index (χ4v) is 1.01. The summed E-state index contributed by atoms with van der Waals surface area (Å²) >= 11 is 0. The average Bonchev–Trinajstić information content (AvgIpc) is 2.25. The van der Waals surface area contributed by atoms with E-state index >= 15 is 0 Å². The minimum atomic E-state index is -0.568. The molecule has 5 heteroatoms. The van der Waals surface area contributed by atoms with Crippen LogP contribution in [0.25, 0.3) is 0 Å². The summed E-state index contributed by atoms with van der Waals surface area (Å²) in [5, 5.41) is 0. The van der Waals surface area contributed by atoms with Crippen LogP contribution in [0.4, 0.5) is 0 Å². The van der Waals surface area contributed by atoms with Crippen molar-refractivity contribution in [3.05, 3.63) is 0 Å². The number of esters is 2. The zero-order chi connectivity index (χ0) is 11.7. The lowest BCUT2D eigenvalue weighted by Gasteiger charge is -2.14. The van der Waals surface area contributed by atoms with Crippen LogP contribution in [0.15, 0.2) is 0 Å². The molecule has 0 unspecified atom stereocenters. The van der Waals surface area contributed by atoms with E-state index < -0.39 is 12.1 Å². The number of unbranched alkanes of at least 4 members (excludes halogenated alkanes) is 1. The van der Waals surface area contributed by atoms with Gasteiger partial charge in [0, 0.05) is 13.0 Å². The molecule has 0 rings (SSSR count). The first-order chi connectivity index (χ1) is 7.13. The van der Waals surface area contributed by atoms with E-state index in [2.05, 4.69) is 4.74 Å². The molecule has 0 saturated carbocycles. The van der Waals surface area contributed by atoms with Crippen molar-refractivity contribution in [2.24, 2.45) is 5.73 Å². The summed E-state index contributed by atoms with van der Waals surface area (Å²) in [5.41, 5.74) is 5.37. The van der Waals surface area contributed by atoms with Crippen molar-refractivity contribution in [1.29, 1.82) is 0 Å². The van der Waals surface area contributed by atoms with Gasteiger partial charge in [0.05, 0.1) is 13.5 Å². The molecule has 0 saturated heterocycles. The molecular formula is C10H19NO4. The Balaban J connectivity index is 3.87. The molecule has 0 heterocycles. The third kappa shape index (κ3) is 6.90. The van der Waals surface area contributed by atoms with Crippen LogP contribution < -0.4 is 5.73 Å². The van der Waals surface area contributed by atoms with Crippen molar-refractivity contribution in [3.63, 3.8) is 0 Å². The summed E-state index contributed by atoms with van der Waals surface area (Å²) < 4.78 is 9.47. The topological polar surface area (TPSA) is 78.6 Å². The molecule has 0 amide bonds. The summed E-state index contributed by atoms with van der Waals surface area (Å²) in [5.74, 6) is -0.732. The molecule has 5 nitrogen and oxygen atoms in total. The number of hydrogen-bond acceptors (Lipinski definition) is 5. The second kappa shape index (κ2) is 8.23. The Morgan fingerprint density at radius 3 is 2.47 bits per heavy atom. The SMILES string of the molecule is CCCCC(=O)O[C@@H](CN)CC(=O)OC. The van der Waals surface area contributed by atoms with Crippen molar-refractivity contribution in [1.82, 2.24) is 0 Å². The number of nitrogens with two attached hydrogens (primary N) is 1. The summed E-state index contributed by atoms with van der Waals surface area (Å²) in [6.45, 7) is 2.12. The van der Waals surface area contributed by atoms with Crippen molar-refractivity contribution in [3.8, 4) is 0 Å². The molecule has 15 heavy (non-hydrogen) atoms. The van der Waals surface area contributed by atoms with Gasteiger partial charge in [-0.2, -0.15) is 0 Å². The van der Waals surface area contributed by atoms with E-state index in [1.807, 2.05) is 6.92 Å². The number of hydrogen-bond donors (Lipinski definition) is 1. The van der Waals surface area contributed by atoms with E-state index in [0.29, 0.717) is 6.42 Å². The van der Waals surface area contributed by atoms with Crippen LogP contribution in [0, 0.1) is 0 Å². The van der Waals surface area contributed by atoms with Crippen LogP contribution in [0.3, 0.4) is 0 Å². The summed E-state index contributed by atoms with van der Waals surface area (Å²) in [4.78, 5) is 22.1. The lowest BCUT2D eigenvalue weighted by molar-refractivity contribution is -0.153. The lowest BCUT2D eigenvalue weighted by Crippen LogP contribution is -2.29. The first kappa shape index (κ1) is 13.9. The maximum atomic E-state index is 11.2.